The van der Waals surface area contributed by atoms with Gasteiger partial charge in [0, 0.05) is 17.0 Å². The molecule has 1 aromatic heterocycles. The highest BCUT2D eigenvalue weighted by molar-refractivity contribution is 6.10. The molecule has 11 rings (SSSR count). The third kappa shape index (κ3) is 6.69. The van der Waals surface area contributed by atoms with Gasteiger partial charge in [-0.15, -0.1) is 0 Å². The Bertz CT molecular complexity index is 2760. The predicted octanol–water partition coefficient (Wildman–Crippen LogP) is 15.2. The number of aryl methyl sites for hydroxylation is 3. The molecule has 7 aromatic rings. The number of allylic oxidation sites excluding steroid dienone is 2. The van der Waals surface area contributed by atoms with Crippen LogP contribution in [0.4, 0.5) is 0 Å². The van der Waals surface area contributed by atoms with Crippen LogP contribution < -0.4 is 0 Å². The van der Waals surface area contributed by atoms with Crippen molar-refractivity contribution in [3.8, 4) is 0 Å². The quantitative estimate of drug-likeness (QED) is 0.133. The lowest BCUT2D eigenvalue weighted by Gasteiger charge is -2.61. The fourth-order valence-corrected chi connectivity index (χ4v) is 14.0. The lowest BCUT2D eigenvalue weighted by molar-refractivity contribution is -0.0814. The van der Waals surface area contributed by atoms with Crippen LogP contribution in [0, 0.1) is 55.8 Å². The third-order valence-electron chi connectivity index (χ3n) is 16.8. The number of rotatable bonds is 10. The van der Waals surface area contributed by atoms with Crippen molar-refractivity contribution in [3.05, 3.63) is 255 Å². The molecule has 324 valence electrons. The van der Waals surface area contributed by atoms with E-state index in [-0.39, 0.29) is 0 Å². The summed E-state index contributed by atoms with van der Waals surface area (Å²) in [7, 11) is 0. The van der Waals surface area contributed by atoms with Crippen molar-refractivity contribution in [1.29, 1.82) is 0 Å². The Hall–Kier alpha value is -6.25. The molecular weight excluding hydrogens is 785 g/mol. The van der Waals surface area contributed by atoms with Crippen molar-refractivity contribution < 1.29 is 0 Å². The first kappa shape index (κ1) is 41.5. The van der Waals surface area contributed by atoms with Gasteiger partial charge in [0.1, 0.15) is 0 Å². The zero-order valence-electron chi connectivity index (χ0n) is 38.8. The van der Waals surface area contributed by atoms with E-state index in [1.54, 1.807) is 0 Å². The number of aliphatic imine (C=N–C) groups is 1. The number of benzene rings is 6. The number of aromatic nitrogens is 1. The first-order valence-electron chi connectivity index (χ1n) is 24.3. The number of H-pyrrole nitrogens is 1. The number of hydrogen-bond donors (Lipinski definition) is 1. The van der Waals surface area contributed by atoms with Gasteiger partial charge >= 0.3 is 0 Å². The van der Waals surface area contributed by atoms with Crippen LogP contribution >= 0.6 is 0 Å². The lowest BCUT2D eigenvalue weighted by atomic mass is 9.43. The van der Waals surface area contributed by atoms with E-state index in [9.17, 15) is 0 Å². The molecule has 6 aromatic carbocycles. The number of nitrogens with one attached hydrogen (secondary N) is 1. The molecule has 0 amide bonds. The van der Waals surface area contributed by atoms with Gasteiger partial charge in [-0.2, -0.15) is 0 Å². The molecule has 2 bridgehead atoms. The minimum atomic E-state index is -0.600. The van der Waals surface area contributed by atoms with Gasteiger partial charge < -0.3 is 4.98 Å². The van der Waals surface area contributed by atoms with Gasteiger partial charge in [-0.1, -0.05) is 183 Å². The first-order valence-corrected chi connectivity index (χ1v) is 24.3. The topological polar surface area (TPSA) is 28.1 Å². The van der Waals surface area contributed by atoms with Crippen molar-refractivity contribution >= 4 is 11.3 Å². The lowest BCUT2D eigenvalue weighted by Crippen LogP contribution is -2.57. The highest BCUT2D eigenvalue weighted by Crippen LogP contribution is 2.67. The fourth-order valence-electron chi connectivity index (χ4n) is 14.0. The van der Waals surface area contributed by atoms with Crippen LogP contribution in [-0.2, 0) is 10.8 Å². The van der Waals surface area contributed by atoms with Crippen LogP contribution in [0.1, 0.15) is 107 Å². The van der Waals surface area contributed by atoms with E-state index in [0.717, 1.165) is 40.4 Å². The van der Waals surface area contributed by atoms with Crippen molar-refractivity contribution in [3.63, 3.8) is 0 Å². The third-order valence-corrected chi connectivity index (χ3v) is 16.8. The van der Waals surface area contributed by atoms with Crippen LogP contribution in [0.25, 0.3) is 5.57 Å². The molecule has 0 spiro atoms. The average Bonchev–Trinajstić information content (AvgIpc) is 4.02. The molecule has 2 nitrogen and oxygen atoms in total. The number of fused-ring (bicyclic) bond motifs is 1. The summed E-state index contributed by atoms with van der Waals surface area (Å²) in [6.45, 7) is 12.0. The molecule has 5 unspecified atom stereocenters. The summed E-state index contributed by atoms with van der Waals surface area (Å²) in [4.78, 5) is 10.2. The van der Waals surface area contributed by atoms with Crippen molar-refractivity contribution in [1.82, 2.24) is 4.98 Å². The molecule has 3 aliphatic carbocycles. The second kappa shape index (κ2) is 16.3. The molecule has 2 heteroatoms. The Morgan fingerprint density at radius 3 is 1.62 bits per heavy atom. The summed E-state index contributed by atoms with van der Waals surface area (Å²) >= 11 is 0. The standard InChI is InChI=1S/C63H62N2/c1-42-37-44(3)59(45(4)38-42)60(55-31-33-57(64-55)62(46-21-11-6-12-22-46,47-23-13-7-14-24-47)48-25-15-8-16-26-48)56-32-34-58(65-56)63(49-27-17-9-18-28-49,50-29-19-10-20-30-50)54-41-61(5)36-35-43(2)51-39-52(54)53(51)40-61/h6-34,37-38,43,51-54,64H,35-36,39-41H2,1-5H3/t43?,51?,52?,53?,54-,61?/m0/s1. The minimum Gasteiger partial charge on any atom is -0.357 e. The maximum atomic E-state index is 6.06. The van der Waals surface area contributed by atoms with Gasteiger partial charge in [0.25, 0.3) is 0 Å². The van der Waals surface area contributed by atoms with E-state index in [1.165, 1.54) is 87.9 Å². The smallest absolute Gasteiger partial charge is 0.0851 e. The summed E-state index contributed by atoms with van der Waals surface area (Å²) in [6.07, 6.45) is 11.4. The summed E-state index contributed by atoms with van der Waals surface area (Å²) < 4.78 is 0. The summed E-state index contributed by atoms with van der Waals surface area (Å²) in [5, 5.41) is 0. The number of aromatic amines is 1. The molecule has 0 radical (unpaired) electrons. The van der Waals surface area contributed by atoms with Gasteiger partial charge in [-0.3, -0.25) is 4.99 Å². The van der Waals surface area contributed by atoms with Crippen LogP contribution in [0.2, 0.25) is 0 Å². The second-order valence-electron chi connectivity index (χ2n) is 20.6. The molecule has 2 heterocycles. The Morgan fingerprint density at radius 2 is 1.09 bits per heavy atom. The largest absolute Gasteiger partial charge is 0.357 e. The molecule has 1 aliphatic heterocycles. The molecule has 65 heavy (non-hydrogen) atoms. The summed E-state index contributed by atoms with van der Waals surface area (Å²) in [6, 6.07) is 65.5. The number of nitrogens with zero attached hydrogens (tertiary/aromatic N) is 1. The normalized spacial score (nSPS) is 24.5. The van der Waals surface area contributed by atoms with E-state index in [4.69, 9.17) is 4.99 Å². The molecule has 6 atom stereocenters. The maximum Gasteiger partial charge on any atom is 0.0851 e. The van der Waals surface area contributed by atoms with Crippen molar-refractivity contribution in [2.75, 3.05) is 0 Å². The van der Waals surface area contributed by atoms with Gasteiger partial charge in [0.2, 0.25) is 0 Å². The Kier molecular flexibility index (Phi) is 10.4. The van der Waals surface area contributed by atoms with E-state index in [1.807, 2.05) is 0 Å². The van der Waals surface area contributed by atoms with Crippen LogP contribution in [0.15, 0.2) is 199 Å². The van der Waals surface area contributed by atoms with Gasteiger partial charge in [0.05, 0.1) is 22.2 Å². The van der Waals surface area contributed by atoms with Gasteiger partial charge in [-0.25, -0.2) is 0 Å². The maximum absolute atomic E-state index is 6.06. The number of hydrogen-bond acceptors (Lipinski definition) is 1. The SMILES string of the molecule is Cc1cc(C)c(C(=C2C=CC(C(c3ccccc3)(c3ccccc3)[C@H]3CC4(C)CCC(C)C5CC3C5C4)=N2)c2ccc(C(c3ccccc3)(c3ccccc3)c3ccccc3)[nH]2)c(C)c1. The summed E-state index contributed by atoms with van der Waals surface area (Å²) in [5.41, 5.74) is 16.2. The molecule has 3 saturated carbocycles. The highest BCUT2D eigenvalue weighted by atomic mass is 14.8. The van der Waals surface area contributed by atoms with Crippen LogP contribution in [-0.4, -0.2) is 10.7 Å². The monoisotopic (exact) mass is 846 g/mol. The van der Waals surface area contributed by atoms with E-state index >= 15 is 0 Å². The summed E-state index contributed by atoms with van der Waals surface area (Å²) in [5.74, 6) is 3.49. The van der Waals surface area contributed by atoms with E-state index < -0.39 is 10.8 Å². The second-order valence-corrected chi connectivity index (χ2v) is 20.6. The van der Waals surface area contributed by atoms with Crippen molar-refractivity contribution in [2.24, 2.45) is 40.0 Å². The Morgan fingerprint density at radius 1 is 0.585 bits per heavy atom. The van der Waals surface area contributed by atoms with Crippen molar-refractivity contribution in [2.45, 2.75) is 77.6 Å². The average molecular weight is 847 g/mol. The Labute approximate surface area is 387 Å². The molecule has 1 N–H and O–H groups in total. The zero-order valence-corrected chi connectivity index (χ0v) is 38.8. The van der Waals surface area contributed by atoms with Gasteiger partial charge in [0.15, 0.2) is 0 Å². The van der Waals surface area contributed by atoms with Crippen LogP contribution in [0.3, 0.4) is 0 Å². The Balaban J connectivity index is 1.17. The van der Waals surface area contributed by atoms with Crippen LogP contribution in [0.5, 0.6) is 0 Å². The fraction of sp³-hybridized carbons (Fsp3) is 0.286. The highest BCUT2D eigenvalue weighted by Gasteiger charge is 2.62. The van der Waals surface area contributed by atoms with Gasteiger partial charge in [-0.05, 0) is 157 Å². The van der Waals surface area contributed by atoms with E-state index in [2.05, 4.69) is 228 Å². The minimum absolute atomic E-state index is 0.316. The zero-order chi connectivity index (χ0) is 44.3. The predicted molar refractivity (Wildman–Crippen MR) is 270 cm³/mol. The molecule has 4 aliphatic rings. The molecule has 3 fully saturated rings. The first-order chi connectivity index (χ1) is 31.7. The molecular formula is C63H62N2. The molecule has 0 saturated heterocycles. The van der Waals surface area contributed by atoms with E-state index in [0.29, 0.717) is 17.3 Å².